The molecule has 1 nitrogen and oxygen atoms in total. The van der Waals surface area contributed by atoms with Crippen LogP contribution in [0.15, 0.2) is 0 Å². The van der Waals surface area contributed by atoms with Crippen LogP contribution in [0.3, 0.4) is 0 Å². The molecule has 0 aliphatic heterocycles. The fraction of sp³-hybridized carbons (Fsp3) is 1.00. The Labute approximate surface area is 68.8 Å². The molecule has 0 saturated heterocycles. The van der Waals surface area contributed by atoms with Crippen molar-refractivity contribution in [3.63, 3.8) is 0 Å². The van der Waals surface area contributed by atoms with Gasteiger partial charge in [-0.05, 0) is 43.4 Å². The summed E-state index contributed by atoms with van der Waals surface area (Å²) >= 11 is 0. The third kappa shape index (κ3) is 0.807. The van der Waals surface area contributed by atoms with E-state index in [1.54, 1.807) is 0 Å². The molecule has 1 N–H and O–H groups in total. The second-order valence-electron chi connectivity index (χ2n) is 5.00. The van der Waals surface area contributed by atoms with Crippen LogP contribution in [-0.4, -0.2) is 10.7 Å². The number of hydrogen-bond donors (Lipinski definition) is 1. The molecule has 0 aromatic rings. The maximum atomic E-state index is 9.92. The van der Waals surface area contributed by atoms with Crippen LogP contribution in [0.4, 0.5) is 0 Å². The average Bonchev–Trinajstić information content (AvgIpc) is 2.54. The van der Waals surface area contributed by atoms with Gasteiger partial charge in [0.2, 0.25) is 0 Å². The minimum absolute atomic E-state index is 0.329. The first-order valence-electron chi connectivity index (χ1n) is 4.71. The van der Waals surface area contributed by atoms with Gasteiger partial charge in [0, 0.05) is 0 Å². The predicted molar refractivity (Wildman–Crippen MR) is 45.2 cm³/mol. The lowest BCUT2D eigenvalue weighted by molar-refractivity contribution is 0.0426. The van der Waals surface area contributed by atoms with Crippen LogP contribution in [-0.2, 0) is 0 Å². The van der Waals surface area contributed by atoms with Gasteiger partial charge in [-0.25, -0.2) is 0 Å². The van der Waals surface area contributed by atoms with Crippen molar-refractivity contribution in [2.45, 2.75) is 45.6 Å². The molecule has 2 aliphatic rings. The van der Waals surface area contributed by atoms with E-state index >= 15 is 0 Å². The molecule has 0 aromatic heterocycles. The molecule has 3 atom stereocenters. The Morgan fingerprint density at radius 3 is 2.18 bits per heavy atom. The lowest BCUT2D eigenvalue weighted by Gasteiger charge is -2.17. The zero-order valence-corrected chi connectivity index (χ0v) is 7.72. The van der Waals surface area contributed by atoms with Crippen molar-refractivity contribution in [1.82, 2.24) is 0 Å². The lowest BCUT2D eigenvalue weighted by atomic mass is 9.90. The monoisotopic (exact) mass is 154 g/mol. The van der Waals surface area contributed by atoms with E-state index < -0.39 is 0 Å². The molecule has 1 unspecified atom stereocenters. The first-order valence-corrected chi connectivity index (χ1v) is 4.71. The number of aliphatic hydroxyl groups is 1. The third-order valence-electron chi connectivity index (χ3n) is 4.12. The summed E-state index contributed by atoms with van der Waals surface area (Å²) in [6.07, 6.45) is 3.55. The van der Waals surface area contributed by atoms with E-state index in [0.717, 1.165) is 12.3 Å². The molecule has 64 valence electrons. The second kappa shape index (κ2) is 1.82. The smallest absolute Gasteiger partial charge is 0.0653 e. The van der Waals surface area contributed by atoms with Crippen molar-refractivity contribution < 1.29 is 5.11 Å². The highest BCUT2D eigenvalue weighted by atomic mass is 16.3. The van der Waals surface area contributed by atoms with Crippen molar-refractivity contribution >= 4 is 0 Å². The zero-order chi connectivity index (χ0) is 8.28. The second-order valence-corrected chi connectivity index (χ2v) is 5.00. The maximum absolute atomic E-state index is 9.92. The van der Waals surface area contributed by atoms with Crippen LogP contribution < -0.4 is 0 Å². The molecular formula is C10H18O. The highest BCUT2D eigenvalue weighted by Gasteiger charge is 2.67. The van der Waals surface area contributed by atoms with Crippen LogP contribution in [0.2, 0.25) is 0 Å². The summed E-state index contributed by atoms with van der Waals surface area (Å²) in [6.45, 7) is 6.59. The van der Waals surface area contributed by atoms with E-state index in [1.807, 2.05) is 6.92 Å². The Morgan fingerprint density at radius 2 is 2.00 bits per heavy atom. The van der Waals surface area contributed by atoms with Crippen molar-refractivity contribution in [2.75, 3.05) is 0 Å². The predicted octanol–water partition coefficient (Wildman–Crippen LogP) is 2.19. The van der Waals surface area contributed by atoms with Gasteiger partial charge in [-0.2, -0.15) is 0 Å². The molecule has 2 saturated carbocycles. The summed E-state index contributed by atoms with van der Waals surface area (Å²) in [7, 11) is 0. The Morgan fingerprint density at radius 1 is 1.36 bits per heavy atom. The van der Waals surface area contributed by atoms with Crippen molar-refractivity contribution in [1.29, 1.82) is 0 Å². The first kappa shape index (κ1) is 7.60. The van der Waals surface area contributed by atoms with Gasteiger partial charge in [-0.1, -0.05) is 13.8 Å². The Hall–Kier alpha value is -0.0400. The van der Waals surface area contributed by atoms with Crippen LogP contribution in [0, 0.1) is 17.3 Å². The van der Waals surface area contributed by atoms with Gasteiger partial charge in [0.15, 0.2) is 0 Å². The Balaban J connectivity index is 2.17. The van der Waals surface area contributed by atoms with Gasteiger partial charge < -0.3 is 5.11 Å². The minimum atomic E-state index is -0.329. The molecule has 0 bridgehead atoms. The maximum Gasteiger partial charge on any atom is 0.0653 e. The molecule has 11 heavy (non-hydrogen) atoms. The van der Waals surface area contributed by atoms with Gasteiger partial charge >= 0.3 is 0 Å². The normalized spacial score (nSPS) is 54.8. The minimum Gasteiger partial charge on any atom is -0.390 e. The summed E-state index contributed by atoms with van der Waals surface area (Å²) in [5.74, 6) is 1.39. The summed E-state index contributed by atoms with van der Waals surface area (Å²) in [6, 6.07) is 0. The lowest BCUT2D eigenvalue weighted by Crippen LogP contribution is -2.23. The van der Waals surface area contributed by atoms with Gasteiger partial charge in [0.25, 0.3) is 0 Å². The fourth-order valence-corrected chi connectivity index (χ4v) is 3.02. The standard InChI is InChI=1S/C10H18O/c1-7(2)10-5-4-9(3,11)8(10)6-10/h7-8,11H,4-6H2,1-3H3/t8-,9?,10+/m1/s1. The van der Waals surface area contributed by atoms with Crippen LogP contribution in [0.1, 0.15) is 40.0 Å². The van der Waals surface area contributed by atoms with Crippen LogP contribution >= 0.6 is 0 Å². The van der Waals surface area contributed by atoms with Gasteiger partial charge in [-0.15, -0.1) is 0 Å². The van der Waals surface area contributed by atoms with E-state index in [-0.39, 0.29) is 5.60 Å². The molecule has 0 aromatic carbocycles. The SMILES string of the molecule is CC(C)[C@@]12CCC(C)(O)[C@H]1C2. The van der Waals surface area contributed by atoms with E-state index in [1.165, 1.54) is 12.8 Å². The van der Waals surface area contributed by atoms with Crippen molar-refractivity contribution in [3.8, 4) is 0 Å². The summed E-state index contributed by atoms with van der Waals surface area (Å²) < 4.78 is 0. The summed E-state index contributed by atoms with van der Waals surface area (Å²) in [5, 5.41) is 9.92. The number of hydrogen-bond acceptors (Lipinski definition) is 1. The molecule has 2 fully saturated rings. The molecule has 0 radical (unpaired) electrons. The highest BCUT2D eigenvalue weighted by molar-refractivity contribution is 5.16. The quantitative estimate of drug-likeness (QED) is 0.614. The molecule has 0 amide bonds. The van der Waals surface area contributed by atoms with E-state index in [2.05, 4.69) is 13.8 Å². The molecule has 2 rings (SSSR count). The average molecular weight is 154 g/mol. The largest absolute Gasteiger partial charge is 0.390 e. The molecule has 1 heteroatoms. The highest BCUT2D eigenvalue weighted by Crippen LogP contribution is 2.70. The van der Waals surface area contributed by atoms with Crippen LogP contribution in [0.5, 0.6) is 0 Å². The zero-order valence-electron chi connectivity index (χ0n) is 7.72. The summed E-state index contributed by atoms with van der Waals surface area (Å²) in [5.41, 5.74) is 0.216. The molecule has 2 aliphatic carbocycles. The summed E-state index contributed by atoms with van der Waals surface area (Å²) in [4.78, 5) is 0. The van der Waals surface area contributed by atoms with E-state index in [9.17, 15) is 5.11 Å². The Kier molecular flexibility index (Phi) is 1.26. The van der Waals surface area contributed by atoms with Gasteiger partial charge in [0.05, 0.1) is 5.60 Å². The number of rotatable bonds is 1. The molecular weight excluding hydrogens is 136 g/mol. The molecule has 0 heterocycles. The van der Waals surface area contributed by atoms with Crippen molar-refractivity contribution in [2.24, 2.45) is 17.3 Å². The van der Waals surface area contributed by atoms with E-state index in [0.29, 0.717) is 11.3 Å². The third-order valence-corrected chi connectivity index (χ3v) is 4.12. The topological polar surface area (TPSA) is 20.2 Å². The van der Waals surface area contributed by atoms with E-state index in [4.69, 9.17) is 0 Å². The first-order chi connectivity index (χ1) is 4.99. The van der Waals surface area contributed by atoms with Gasteiger partial charge in [-0.3, -0.25) is 0 Å². The molecule has 0 spiro atoms. The van der Waals surface area contributed by atoms with Crippen molar-refractivity contribution in [3.05, 3.63) is 0 Å². The van der Waals surface area contributed by atoms with Crippen LogP contribution in [0.25, 0.3) is 0 Å². The van der Waals surface area contributed by atoms with Gasteiger partial charge in [0.1, 0.15) is 0 Å². The number of fused-ring (bicyclic) bond motifs is 1. The fourth-order valence-electron chi connectivity index (χ4n) is 3.02. The Bertz CT molecular complexity index is 183.